The Balaban J connectivity index is 2.20. The SMILES string of the molecule is COC(=O)/C=C/c1ccc(OC(=O)c2occc2C)c(OC)c1. The first kappa shape index (κ1) is 16.4. The Morgan fingerprint density at radius 1 is 1.13 bits per heavy atom. The second-order valence-corrected chi connectivity index (χ2v) is 4.59. The Bertz CT molecular complexity index is 741. The van der Waals surface area contributed by atoms with E-state index in [0.717, 1.165) is 0 Å². The molecule has 0 bridgehead atoms. The lowest BCUT2D eigenvalue weighted by Crippen LogP contribution is -2.09. The van der Waals surface area contributed by atoms with Crippen LogP contribution in [0.5, 0.6) is 11.5 Å². The van der Waals surface area contributed by atoms with Gasteiger partial charge in [-0.15, -0.1) is 0 Å². The number of carbonyl (C=O) groups excluding carboxylic acids is 2. The van der Waals surface area contributed by atoms with Crippen LogP contribution in [0.15, 0.2) is 41.0 Å². The number of furan rings is 1. The first-order valence-electron chi connectivity index (χ1n) is 6.75. The summed E-state index contributed by atoms with van der Waals surface area (Å²) in [5.41, 5.74) is 1.38. The van der Waals surface area contributed by atoms with E-state index in [2.05, 4.69) is 4.74 Å². The van der Waals surface area contributed by atoms with Gasteiger partial charge in [-0.2, -0.15) is 0 Å². The molecule has 6 heteroatoms. The van der Waals surface area contributed by atoms with Gasteiger partial charge in [-0.05, 0) is 36.8 Å². The van der Waals surface area contributed by atoms with Crippen LogP contribution in [0.2, 0.25) is 0 Å². The van der Waals surface area contributed by atoms with Gasteiger partial charge in [0.15, 0.2) is 11.5 Å². The molecule has 0 saturated heterocycles. The molecule has 0 unspecified atom stereocenters. The molecule has 6 nitrogen and oxygen atoms in total. The van der Waals surface area contributed by atoms with Gasteiger partial charge in [-0.25, -0.2) is 9.59 Å². The van der Waals surface area contributed by atoms with E-state index in [-0.39, 0.29) is 11.5 Å². The van der Waals surface area contributed by atoms with Crippen LogP contribution in [-0.4, -0.2) is 26.2 Å². The van der Waals surface area contributed by atoms with E-state index in [9.17, 15) is 9.59 Å². The van der Waals surface area contributed by atoms with E-state index in [1.807, 2.05) is 0 Å². The van der Waals surface area contributed by atoms with E-state index in [4.69, 9.17) is 13.9 Å². The summed E-state index contributed by atoms with van der Waals surface area (Å²) < 4.78 is 20.1. The van der Waals surface area contributed by atoms with Gasteiger partial charge in [0, 0.05) is 11.6 Å². The fourth-order valence-corrected chi connectivity index (χ4v) is 1.83. The van der Waals surface area contributed by atoms with Gasteiger partial charge in [0.05, 0.1) is 20.5 Å². The van der Waals surface area contributed by atoms with E-state index in [1.54, 1.807) is 37.3 Å². The highest BCUT2D eigenvalue weighted by Crippen LogP contribution is 2.29. The number of benzene rings is 1. The highest BCUT2D eigenvalue weighted by Gasteiger charge is 2.17. The van der Waals surface area contributed by atoms with E-state index in [1.165, 1.54) is 26.6 Å². The van der Waals surface area contributed by atoms with Crippen molar-refractivity contribution in [1.82, 2.24) is 0 Å². The van der Waals surface area contributed by atoms with Gasteiger partial charge < -0.3 is 18.6 Å². The molecule has 1 heterocycles. The Morgan fingerprint density at radius 2 is 1.91 bits per heavy atom. The van der Waals surface area contributed by atoms with Gasteiger partial charge in [-0.3, -0.25) is 0 Å². The quantitative estimate of drug-likeness (QED) is 0.479. The summed E-state index contributed by atoms with van der Waals surface area (Å²) >= 11 is 0. The third kappa shape index (κ3) is 4.00. The summed E-state index contributed by atoms with van der Waals surface area (Å²) in [5, 5.41) is 0. The number of ether oxygens (including phenoxy) is 3. The minimum Gasteiger partial charge on any atom is -0.493 e. The lowest BCUT2D eigenvalue weighted by atomic mass is 10.2. The van der Waals surface area contributed by atoms with Crippen molar-refractivity contribution in [2.24, 2.45) is 0 Å². The van der Waals surface area contributed by atoms with E-state index >= 15 is 0 Å². The number of esters is 2. The predicted molar refractivity (Wildman–Crippen MR) is 82.4 cm³/mol. The van der Waals surface area contributed by atoms with Crippen LogP contribution in [0.1, 0.15) is 21.7 Å². The van der Waals surface area contributed by atoms with Crippen LogP contribution >= 0.6 is 0 Å². The Kier molecular flexibility index (Phi) is 5.19. The second kappa shape index (κ2) is 7.31. The van der Waals surface area contributed by atoms with Gasteiger partial charge in [0.1, 0.15) is 0 Å². The molecule has 0 amide bonds. The summed E-state index contributed by atoms with van der Waals surface area (Å²) in [6.07, 6.45) is 4.27. The third-order valence-electron chi connectivity index (χ3n) is 3.05. The molecule has 0 saturated carbocycles. The zero-order chi connectivity index (χ0) is 16.8. The Hall–Kier alpha value is -3.02. The number of hydrogen-bond acceptors (Lipinski definition) is 6. The van der Waals surface area contributed by atoms with Crippen molar-refractivity contribution in [3.63, 3.8) is 0 Å². The van der Waals surface area contributed by atoms with E-state index in [0.29, 0.717) is 16.9 Å². The molecular weight excluding hydrogens is 300 g/mol. The predicted octanol–water partition coefficient (Wildman–Crippen LogP) is 3.00. The number of carbonyl (C=O) groups is 2. The molecule has 1 aromatic carbocycles. The number of rotatable bonds is 5. The Morgan fingerprint density at radius 3 is 2.52 bits per heavy atom. The first-order chi connectivity index (χ1) is 11.0. The topological polar surface area (TPSA) is 75.0 Å². The minimum absolute atomic E-state index is 0.140. The maximum Gasteiger partial charge on any atom is 0.380 e. The molecule has 0 aliphatic carbocycles. The minimum atomic E-state index is -0.608. The van der Waals surface area contributed by atoms with Crippen molar-refractivity contribution in [2.75, 3.05) is 14.2 Å². The molecule has 0 N–H and O–H groups in total. The standard InChI is InChI=1S/C17H16O6/c1-11-8-9-22-16(11)17(19)23-13-6-4-12(10-14(13)20-2)5-7-15(18)21-3/h4-10H,1-3H3/b7-5+. The molecule has 120 valence electrons. The van der Waals surface area contributed by atoms with Crippen LogP contribution in [0.4, 0.5) is 0 Å². The first-order valence-corrected chi connectivity index (χ1v) is 6.75. The van der Waals surface area contributed by atoms with Crippen LogP contribution in [0.25, 0.3) is 6.08 Å². The zero-order valence-corrected chi connectivity index (χ0v) is 13.0. The van der Waals surface area contributed by atoms with Crippen molar-refractivity contribution in [1.29, 1.82) is 0 Å². The smallest absolute Gasteiger partial charge is 0.380 e. The molecule has 0 fully saturated rings. The average Bonchev–Trinajstić information content (AvgIpc) is 2.99. The van der Waals surface area contributed by atoms with Gasteiger partial charge in [-0.1, -0.05) is 6.07 Å². The van der Waals surface area contributed by atoms with Crippen LogP contribution in [0, 0.1) is 6.92 Å². The summed E-state index contributed by atoms with van der Waals surface area (Å²) in [4.78, 5) is 23.2. The van der Waals surface area contributed by atoms with Crippen molar-refractivity contribution >= 4 is 18.0 Å². The fourth-order valence-electron chi connectivity index (χ4n) is 1.83. The lowest BCUT2D eigenvalue weighted by Gasteiger charge is -2.09. The van der Waals surface area contributed by atoms with Gasteiger partial charge in [0.2, 0.25) is 5.76 Å². The second-order valence-electron chi connectivity index (χ2n) is 4.59. The maximum atomic E-state index is 12.1. The molecule has 0 aliphatic rings. The average molecular weight is 316 g/mol. The summed E-state index contributed by atoms with van der Waals surface area (Å²) in [5.74, 6) is -0.323. The van der Waals surface area contributed by atoms with E-state index < -0.39 is 11.9 Å². The number of methoxy groups -OCH3 is 2. The highest BCUT2D eigenvalue weighted by atomic mass is 16.6. The Labute approximate surface area is 133 Å². The highest BCUT2D eigenvalue weighted by molar-refractivity contribution is 5.90. The van der Waals surface area contributed by atoms with Crippen molar-refractivity contribution in [3.05, 3.63) is 53.5 Å². The molecule has 2 aromatic rings. The fraction of sp³-hybridized carbons (Fsp3) is 0.176. The third-order valence-corrected chi connectivity index (χ3v) is 3.05. The maximum absolute atomic E-state index is 12.1. The van der Waals surface area contributed by atoms with Crippen molar-refractivity contribution < 1.29 is 28.2 Å². The van der Waals surface area contributed by atoms with Gasteiger partial charge in [0.25, 0.3) is 0 Å². The summed E-state index contributed by atoms with van der Waals surface area (Å²) in [6, 6.07) is 6.57. The molecule has 0 radical (unpaired) electrons. The molecule has 23 heavy (non-hydrogen) atoms. The zero-order valence-electron chi connectivity index (χ0n) is 13.0. The molecule has 0 spiro atoms. The largest absolute Gasteiger partial charge is 0.493 e. The molecular formula is C17H16O6. The number of aryl methyl sites for hydroxylation is 1. The van der Waals surface area contributed by atoms with Crippen LogP contribution in [-0.2, 0) is 9.53 Å². The number of hydrogen-bond donors (Lipinski definition) is 0. The van der Waals surface area contributed by atoms with Crippen molar-refractivity contribution in [2.45, 2.75) is 6.92 Å². The summed E-state index contributed by atoms with van der Waals surface area (Å²) in [6.45, 7) is 1.75. The molecule has 2 rings (SSSR count). The normalized spacial score (nSPS) is 10.6. The van der Waals surface area contributed by atoms with Crippen LogP contribution in [0.3, 0.4) is 0 Å². The van der Waals surface area contributed by atoms with Crippen LogP contribution < -0.4 is 9.47 Å². The van der Waals surface area contributed by atoms with Gasteiger partial charge >= 0.3 is 11.9 Å². The monoisotopic (exact) mass is 316 g/mol. The van der Waals surface area contributed by atoms with Crippen molar-refractivity contribution in [3.8, 4) is 11.5 Å². The molecule has 1 aromatic heterocycles. The summed E-state index contributed by atoms with van der Waals surface area (Å²) in [7, 11) is 2.76. The lowest BCUT2D eigenvalue weighted by molar-refractivity contribution is -0.134. The molecule has 0 atom stereocenters. The molecule has 0 aliphatic heterocycles.